The van der Waals surface area contributed by atoms with Crippen LogP contribution in [-0.4, -0.2) is 6.04 Å². The van der Waals surface area contributed by atoms with Crippen molar-refractivity contribution in [2.24, 2.45) is 5.73 Å². The van der Waals surface area contributed by atoms with Crippen molar-refractivity contribution in [1.82, 2.24) is 6.15 Å². The SMILES string of the molecule is N.NC1CC1.[Cl-].[Cl-].[Pt+2]. The molecule has 5 heteroatoms. The first-order chi connectivity index (χ1) is 1.89. The summed E-state index contributed by atoms with van der Waals surface area (Å²) < 4.78 is 0. The minimum absolute atomic E-state index is 0. The van der Waals surface area contributed by atoms with E-state index in [1.807, 2.05) is 0 Å². The summed E-state index contributed by atoms with van der Waals surface area (Å²) in [5, 5.41) is 0. The fourth-order valence-electron chi connectivity index (χ4n) is 0.0962. The van der Waals surface area contributed by atoms with Gasteiger partial charge in [0.25, 0.3) is 0 Å². The number of nitrogens with two attached hydrogens (primary N) is 1. The Balaban J connectivity index is -0.0000000200. The van der Waals surface area contributed by atoms with Crippen LogP contribution in [0.15, 0.2) is 0 Å². The van der Waals surface area contributed by atoms with Crippen LogP contribution in [0.25, 0.3) is 0 Å². The second kappa shape index (κ2) is 11.0. The smallest absolute Gasteiger partial charge is 1.00 e. The molecule has 0 aromatic heterocycles. The molecule has 0 bridgehead atoms. The Morgan fingerprint density at radius 1 is 1.12 bits per heavy atom. The minimum Gasteiger partial charge on any atom is -1.00 e. The van der Waals surface area contributed by atoms with E-state index in [0.29, 0.717) is 6.04 Å². The van der Waals surface area contributed by atoms with Gasteiger partial charge < -0.3 is 36.7 Å². The van der Waals surface area contributed by atoms with Crippen molar-refractivity contribution in [2.75, 3.05) is 0 Å². The summed E-state index contributed by atoms with van der Waals surface area (Å²) in [5.41, 5.74) is 5.22. The van der Waals surface area contributed by atoms with Crippen molar-refractivity contribution in [3.63, 3.8) is 0 Å². The third-order valence-electron chi connectivity index (χ3n) is 0.622. The first-order valence-electron chi connectivity index (χ1n) is 1.65. The molecule has 0 aromatic carbocycles. The third kappa shape index (κ3) is 15.7. The summed E-state index contributed by atoms with van der Waals surface area (Å²) in [4.78, 5) is 0. The molecule has 0 aliphatic heterocycles. The molecule has 1 rings (SSSR count). The van der Waals surface area contributed by atoms with E-state index < -0.39 is 0 Å². The van der Waals surface area contributed by atoms with Crippen molar-refractivity contribution in [2.45, 2.75) is 18.9 Å². The predicted octanol–water partition coefficient (Wildman–Crippen LogP) is -5.72. The molecule has 1 aliphatic rings. The van der Waals surface area contributed by atoms with E-state index in [9.17, 15) is 0 Å². The fourth-order valence-corrected chi connectivity index (χ4v) is 0.0962. The summed E-state index contributed by atoms with van der Waals surface area (Å²) in [6, 6.07) is 0.583. The van der Waals surface area contributed by atoms with Crippen LogP contribution in [0.4, 0.5) is 0 Å². The molecule has 1 saturated carbocycles. The zero-order chi connectivity index (χ0) is 2.99. The second-order valence-corrected chi connectivity index (χ2v) is 1.34. The molecule has 0 unspecified atom stereocenters. The molecule has 1 aliphatic carbocycles. The van der Waals surface area contributed by atoms with Crippen LogP contribution < -0.4 is 36.7 Å². The maximum absolute atomic E-state index is 5.22. The Labute approximate surface area is 76.6 Å². The zero-order valence-corrected chi connectivity index (χ0v) is 8.13. The number of hydrogen-bond donors (Lipinski definition) is 2. The molecule has 0 heterocycles. The summed E-state index contributed by atoms with van der Waals surface area (Å²) in [6.45, 7) is 0. The third-order valence-corrected chi connectivity index (χ3v) is 0.622. The van der Waals surface area contributed by atoms with Gasteiger partial charge in [-0.1, -0.05) is 0 Å². The largest absolute Gasteiger partial charge is 2.00 e. The van der Waals surface area contributed by atoms with Gasteiger partial charge in [-0.2, -0.15) is 0 Å². The van der Waals surface area contributed by atoms with Crippen LogP contribution in [0.5, 0.6) is 0 Å². The zero-order valence-electron chi connectivity index (χ0n) is 4.35. The van der Waals surface area contributed by atoms with Gasteiger partial charge in [0.2, 0.25) is 0 Å². The molecule has 0 radical (unpaired) electrons. The Kier molecular flexibility index (Phi) is 31.6. The Morgan fingerprint density at radius 2 is 1.25 bits per heavy atom. The summed E-state index contributed by atoms with van der Waals surface area (Å²) >= 11 is 0. The van der Waals surface area contributed by atoms with Gasteiger partial charge in [-0.3, -0.25) is 0 Å². The number of hydrogen-bond acceptors (Lipinski definition) is 2. The van der Waals surface area contributed by atoms with Crippen molar-refractivity contribution >= 4 is 0 Å². The molecule has 0 spiro atoms. The Morgan fingerprint density at radius 3 is 1.25 bits per heavy atom. The van der Waals surface area contributed by atoms with Crippen LogP contribution in [0.3, 0.4) is 0 Å². The van der Waals surface area contributed by atoms with E-state index in [1.165, 1.54) is 12.8 Å². The minimum atomic E-state index is 0. The first-order valence-corrected chi connectivity index (χ1v) is 1.65. The molecule has 8 heavy (non-hydrogen) atoms. The van der Waals surface area contributed by atoms with Gasteiger partial charge in [-0.05, 0) is 12.8 Å². The van der Waals surface area contributed by atoms with E-state index in [2.05, 4.69) is 0 Å². The maximum Gasteiger partial charge on any atom is 2.00 e. The Bertz CT molecular complexity index is 34.5. The van der Waals surface area contributed by atoms with E-state index in [-0.39, 0.29) is 52.0 Å². The molecular weight excluding hydrogens is 330 g/mol. The predicted molar refractivity (Wildman–Crippen MR) is 22.2 cm³/mol. The van der Waals surface area contributed by atoms with Gasteiger partial charge in [0.05, 0.1) is 0 Å². The second-order valence-electron chi connectivity index (χ2n) is 1.34. The van der Waals surface area contributed by atoms with Gasteiger partial charge in [0.1, 0.15) is 0 Å². The molecule has 2 nitrogen and oxygen atoms in total. The summed E-state index contributed by atoms with van der Waals surface area (Å²) in [7, 11) is 0. The summed E-state index contributed by atoms with van der Waals surface area (Å²) in [6.07, 6.45) is 2.53. The molecule has 56 valence electrons. The van der Waals surface area contributed by atoms with E-state index >= 15 is 0 Å². The molecule has 5 N–H and O–H groups in total. The maximum atomic E-state index is 5.22. The van der Waals surface area contributed by atoms with Crippen LogP contribution >= 0.6 is 0 Å². The van der Waals surface area contributed by atoms with Gasteiger partial charge in [0.15, 0.2) is 0 Å². The fraction of sp³-hybridized carbons (Fsp3) is 1.00. The molecule has 1 fully saturated rings. The van der Waals surface area contributed by atoms with Gasteiger partial charge in [0, 0.05) is 6.04 Å². The molecule has 0 aromatic rings. The average Bonchev–Trinajstić information content (AvgIpc) is 1.75. The Hall–Kier alpha value is 1.19. The van der Waals surface area contributed by atoms with Gasteiger partial charge >= 0.3 is 21.1 Å². The normalized spacial score (nSPS) is 13.1. The van der Waals surface area contributed by atoms with Crippen LogP contribution in [0.1, 0.15) is 12.8 Å². The topological polar surface area (TPSA) is 61.0 Å². The van der Waals surface area contributed by atoms with E-state index in [0.717, 1.165) is 0 Å². The molecule has 0 saturated heterocycles. The van der Waals surface area contributed by atoms with Crippen LogP contribution in [0.2, 0.25) is 0 Å². The first kappa shape index (κ1) is 22.9. The van der Waals surface area contributed by atoms with Crippen LogP contribution in [0, 0.1) is 0 Å². The van der Waals surface area contributed by atoms with Gasteiger partial charge in [-0.25, -0.2) is 0 Å². The average molecular weight is 340 g/mol. The number of halogens is 2. The van der Waals surface area contributed by atoms with Crippen molar-refractivity contribution in [3.05, 3.63) is 0 Å². The monoisotopic (exact) mass is 339 g/mol. The molecule has 0 atom stereocenters. The van der Waals surface area contributed by atoms with E-state index in [1.54, 1.807) is 0 Å². The number of rotatable bonds is 0. The van der Waals surface area contributed by atoms with Crippen molar-refractivity contribution < 1.29 is 45.9 Å². The van der Waals surface area contributed by atoms with Gasteiger partial charge in [-0.15, -0.1) is 0 Å². The summed E-state index contributed by atoms with van der Waals surface area (Å²) in [5.74, 6) is 0. The molecular formula is C3H10Cl2N2Pt. The van der Waals surface area contributed by atoms with Crippen molar-refractivity contribution in [3.8, 4) is 0 Å². The standard InChI is InChI=1S/C3H7N.2ClH.H3N.Pt/c4-3-1-2-3;;;;/h3H,1-2,4H2;2*1H;1H3;/q;;;;+2/p-2. The molecule has 0 amide bonds. The quantitative estimate of drug-likeness (QED) is 0.462. The van der Waals surface area contributed by atoms with E-state index in [4.69, 9.17) is 5.73 Å². The van der Waals surface area contributed by atoms with Crippen LogP contribution in [-0.2, 0) is 21.1 Å². The van der Waals surface area contributed by atoms with Crippen molar-refractivity contribution in [1.29, 1.82) is 0 Å².